The van der Waals surface area contributed by atoms with Crippen LogP contribution in [-0.2, 0) is 13.1 Å². The molecule has 0 saturated carbocycles. The molecule has 0 radical (unpaired) electrons. The van der Waals surface area contributed by atoms with E-state index in [-0.39, 0.29) is 30.1 Å². The minimum Gasteiger partial charge on any atom is -0.491 e. The van der Waals surface area contributed by atoms with Crippen molar-refractivity contribution in [1.82, 2.24) is 20.2 Å². The second-order valence-corrected chi connectivity index (χ2v) is 6.20. The van der Waals surface area contributed by atoms with Gasteiger partial charge in [0.05, 0.1) is 19.0 Å². The van der Waals surface area contributed by atoms with Gasteiger partial charge in [-0.15, -0.1) is 24.0 Å². The molecule has 0 amide bonds. The van der Waals surface area contributed by atoms with Gasteiger partial charge in [-0.05, 0) is 39.3 Å². The van der Waals surface area contributed by atoms with E-state index in [4.69, 9.17) is 4.74 Å². The van der Waals surface area contributed by atoms with Crippen molar-refractivity contribution in [2.75, 3.05) is 13.1 Å². The molecule has 2 N–H and O–H groups in total. The topological polar surface area (TPSA) is 63.5 Å². The van der Waals surface area contributed by atoms with Crippen molar-refractivity contribution in [2.45, 2.75) is 46.9 Å². The predicted molar refractivity (Wildman–Crippen MR) is 117 cm³/mol. The fourth-order valence-corrected chi connectivity index (χ4v) is 2.38. The largest absolute Gasteiger partial charge is 0.491 e. The van der Waals surface area contributed by atoms with Gasteiger partial charge >= 0.3 is 0 Å². The van der Waals surface area contributed by atoms with Gasteiger partial charge in [0.1, 0.15) is 5.75 Å². The number of benzene rings is 1. The average molecular weight is 471 g/mol. The second kappa shape index (κ2) is 11.8. The highest BCUT2D eigenvalue weighted by Crippen LogP contribution is 2.22. The molecule has 0 aliphatic rings. The summed E-state index contributed by atoms with van der Waals surface area (Å²) < 4.78 is 7.96. The molecule has 0 fully saturated rings. The zero-order chi connectivity index (χ0) is 18.1. The first-order valence-electron chi connectivity index (χ1n) is 8.82. The molecule has 0 saturated heterocycles. The molecule has 0 bridgehead atoms. The quantitative estimate of drug-likeness (QED) is 0.352. The predicted octanol–water partition coefficient (Wildman–Crippen LogP) is 3.35. The number of aromatic nitrogens is 2. The van der Waals surface area contributed by atoms with E-state index in [1.165, 1.54) is 5.56 Å². The molecular weight excluding hydrogens is 441 g/mol. The minimum atomic E-state index is 0. The van der Waals surface area contributed by atoms with E-state index >= 15 is 0 Å². The molecule has 1 aromatic heterocycles. The monoisotopic (exact) mass is 471 g/mol. The van der Waals surface area contributed by atoms with Crippen molar-refractivity contribution in [2.24, 2.45) is 4.99 Å². The summed E-state index contributed by atoms with van der Waals surface area (Å²) in [5.74, 6) is 1.71. The molecule has 144 valence electrons. The van der Waals surface area contributed by atoms with Crippen LogP contribution in [0.25, 0.3) is 0 Å². The Morgan fingerprint density at radius 3 is 2.77 bits per heavy atom. The van der Waals surface area contributed by atoms with Crippen LogP contribution in [0.1, 0.15) is 31.9 Å². The van der Waals surface area contributed by atoms with Gasteiger partial charge in [-0.25, -0.2) is 9.98 Å². The summed E-state index contributed by atoms with van der Waals surface area (Å²) >= 11 is 0. The molecule has 1 heterocycles. The van der Waals surface area contributed by atoms with Crippen molar-refractivity contribution in [1.29, 1.82) is 0 Å². The molecule has 2 rings (SSSR count). The minimum absolute atomic E-state index is 0. The lowest BCUT2D eigenvalue weighted by Gasteiger charge is -2.15. The van der Waals surface area contributed by atoms with Crippen LogP contribution in [0.5, 0.6) is 5.75 Å². The van der Waals surface area contributed by atoms with Crippen molar-refractivity contribution < 1.29 is 4.74 Å². The fourth-order valence-electron chi connectivity index (χ4n) is 2.38. The zero-order valence-corrected chi connectivity index (χ0v) is 18.4. The normalized spacial score (nSPS) is 11.2. The maximum Gasteiger partial charge on any atom is 0.191 e. The van der Waals surface area contributed by atoms with Crippen molar-refractivity contribution in [3.8, 4) is 5.75 Å². The lowest BCUT2D eigenvalue weighted by atomic mass is 10.1. The summed E-state index contributed by atoms with van der Waals surface area (Å²) in [7, 11) is 0. The van der Waals surface area contributed by atoms with Crippen LogP contribution in [0.3, 0.4) is 0 Å². The van der Waals surface area contributed by atoms with Crippen molar-refractivity contribution in [3.05, 3.63) is 48.0 Å². The third-order valence-corrected chi connectivity index (χ3v) is 3.56. The molecule has 0 aliphatic carbocycles. The second-order valence-electron chi connectivity index (χ2n) is 6.20. The van der Waals surface area contributed by atoms with Crippen LogP contribution in [0.15, 0.2) is 41.9 Å². The van der Waals surface area contributed by atoms with E-state index in [1.54, 1.807) is 6.20 Å². The van der Waals surface area contributed by atoms with E-state index in [1.807, 2.05) is 30.9 Å². The fraction of sp³-hybridized carbons (Fsp3) is 0.474. The molecule has 1 aromatic carbocycles. The zero-order valence-electron chi connectivity index (χ0n) is 16.0. The van der Waals surface area contributed by atoms with Crippen molar-refractivity contribution >= 4 is 29.9 Å². The molecule has 0 spiro atoms. The lowest BCUT2D eigenvalue weighted by Crippen LogP contribution is -2.38. The number of nitrogens with one attached hydrogen (secondary N) is 2. The Hall–Kier alpha value is -1.77. The van der Waals surface area contributed by atoms with Crippen LogP contribution in [0.4, 0.5) is 0 Å². The molecule has 26 heavy (non-hydrogen) atoms. The number of imidazole rings is 1. The first-order valence-corrected chi connectivity index (χ1v) is 8.82. The summed E-state index contributed by atoms with van der Waals surface area (Å²) in [5, 5.41) is 6.63. The highest BCUT2D eigenvalue weighted by Gasteiger charge is 2.06. The van der Waals surface area contributed by atoms with Crippen LogP contribution in [0, 0.1) is 6.92 Å². The summed E-state index contributed by atoms with van der Waals surface area (Å²) in [6, 6.07) is 6.26. The molecule has 2 aromatic rings. The van der Waals surface area contributed by atoms with Crippen molar-refractivity contribution in [3.63, 3.8) is 0 Å². The molecule has 0 aliphatic heterocycles. The van der Waals surface area contributed by atoms with Gasteiger partial charge in [0.2, 0.25) is 0 Å². The molecule has 0 atom stereocenters. The SMILES string of the molecule is CCNC(=NCc1ccc(C)cc1OC(C)C)NCCn1ccnc1.I. The summed E-state index contributed by atoms with van der Waals surface area (Å²) in [5.41, 5.74) is 2.28. The van der Waals surface area contributed by atoms with E-state index < -0.39 is 0 Å². The molecule has 7 heteroatoms. The van der Waals surface area contributed by atoms with Crippen LogP contribution >= 0.6 is 24.0 Å². The standard InChI is InChI=1S/C19H29N5O.HI/c1-5-21-19(22-9-11-24-10-8-20-14-24)23-13-17-7-6-16(4)12-18(17)25-15(2)3;/h6-8,10,12,14-15H,5,9,11,13H2,1-4H3,(H2,21,22,23);1H. The van der Waals surface area contributed by atoms with Gasteiger partial charge < -0.3 is 19.9 Å². The average Bonchev–Trinajstić information content (AvgIpc) is 3.06. The highest BCUT2D eigenvalue weighted by molar-refractivity contribution is 14.0. The summed E-state index contributed by atoms with van der Waals surface area (Å²) in [6.07, 6.45) is 5.69. The lowest BCUT2D eigenvalue weighted by molar-refractivity contribution is 0.240. The molecular formula is C19H30IN5O. The highest BCUT2D eigenvalue weighted by atomic mass is 127. The third-order valence-electron chi connectivity index (χ3n) is 3.56. The van der Waals surface area contributed by atoms with Crippen LogP contribution < -0.4 is 15.4 Å². The number of guanidine groups is 1. The van der Waals surface area contributed by atoms with Gasteiger partial charge in [-0.2, -0.15) is 0 Å². The number of nitrogens with zero attached hydrogens (tertiary/aromatic N) is 3. The Labute approximate surface area is 173 Å². The maximum absolute atomic E-state index is 5.93. The number of rotatable bonds is 8. The summed E-state index contributed by atoms with van der Waals surface area (Å²) in [6.45, 7) is 11.2. The van der Waals surface area contributed by atoms with Gasteiger partial charge in [0, 0.05) is 37.6 Å². The first-order chi connectivity index (χ1) is 12.1. The van der Waals surface area contributed by atoms with Gasteiger partial charge in [-0.1, -0.05) is 12.1 Å². The summed E-state index contributed by atoms with van der Waals surface area (Å²) in [4.78, 5) is 8.74. The number of aryl methyl sites for hydroxylation is 1. The Kier molecular flexibility index (Phi) is 10.1. The Bertz CT molecular complexity index is 671. The number of ether oxygens (including phenoxy) is 1. The van der Waals surface area contributed by atoms with E-state index in [9.17, 15) is 0 Å². The van der Waals surface area contributed by atoms with Crippen LogP contribution in [-0.4, -0.2) is 34.7 Å². The van der Waals surface area contributed by atoms with E-state index in [0.717, 1.165) is 36.9 Å². The smallest absolute Gasteiger partial charge is 0.191 e. The Balaban J connectivity index is 0.00000338. The maximum atomic E-state index is 5.93. The number of aliphatic imine (C=N–C) groups is 1. The molecule has 6 nitrogen and oxygen atoms in total. The van der Waals surface area contributed by atoms with Gasteiger partial charge in [0.25, 0.3) is 0 Å². The molecule has 0 unspecified atom stereocenters. The van der Waals surface area contributed by atoms with E-state index in [0.29, 0.717) is 6.54 Å². The first kappa shape index (κ1) is 22.3. The van der Waals surface area contributed by atoms with E-state index in [2.05, 4.69) is 52.7 Å². The van der Waals surface area contributed by atoms with Crippen LogP contribution in [0.2, 0.25) is 0 Å². The van der Waals surface area contributed by atoms with Gasteiger partial charge in [0.15, 0.2) is 5.96 Å². The number of halogens is 1. The number of hydrogen-bond donors (Lipinski definition) is 2. The Morgan fingerprint density at radius 2 is 2.12 bits per heavy atom. The third kappa shape index (κ3) is 7.63. The number of hydrogen-bond acceptors (Lipinski definition) is 3. The Morgan fingerprint density at radius 1 is 1.31 bits per heavy atom. The van der Waals surface area contributed by atoms with Gasteiger partial charge in [-0.3, -0.25) is 0 Å².